The van der Waals surface area contributed by atoms with E-state index in [0.29, 0.717) is 18.5 Å². The van der Waals surface area contributed by atoms with Crippen molar-refractivity contribution in [2.24, 2.45) is 0 Å². The van der Waals surface area contributed by atoms with Crippen molar-refractivity contribution in [3.63, 3.8) is 0 Å². The van der Waals surface area contributed by atoms with Gasteiger partial charge in [-0.1, -0.05) is 22.7 Å². The summed E-state index contributed by atoms with van der Waals surface area (Å²) in [5, 5.41) is 16.4. The number of carbonyl (C=O) groups excluding carboxylic acids is 5. The lowest BCUT2D eigenvalue weighted by molar-refractivity contribution is -0.155. The molecule has 2 fully saturated rings. The van der Waals surface area contributed by atoms with Crippen LogP contribution in [0.4, 0.5) is 9.28 Å². The van der Waals surface area contributed by atoms with Gasteiger partial charge in [0, 0.05) is 44.7 Å². The maximum atomic E-state index is 14.0. The predicted octanol–water partition coefficient (Wildman–Crippen LogP) is 1.63. The van der Waals surface area contributed by atoms with Crippen LogP contribution in [-0.2, 0) is 23.9 Å². The van der Waals surface area contributed by atoms with E-state index in [0.717, 1.165) is 0 Å². The number of nitrogens with one attached hydrogen (secondary N) is 1. The van der Waals surface area contributed by atoms with Crippen LogP contribution < -0.4 is 10.1 Å². The molecule has 2 saturated heterocycles. The number of likely N-dealkylation sites (N-methyl/N-ethyl adjacent to an activating group) is 1. The lowest BCUT2D eigenvalue weighted by Crippen LogP contribution is -2.59. The molecule has 3 atom stereocenters. The molecular formula is C32H42FN7O9. The average Bonchev–Trinajstić information content (AvgIpc) is 3.76. The van der Waals surface area contributed by atoms with Crippen molar-refractivity contribution in [3.8, 4) is 11.6 Å². The molecule has 0 radical (unpaired) electrons. The Morgan fingerprint density at radius 3 is 2.47 bits per heavy atom. The molecule has 1 aromatic heterocycles. The van der Waals surface area contributed by atoms with Crippen molar-refractivity contribution >= 4 is 35.7 Å². The van der Waals surface area contributed by atoms with Crippen LogP contribution in [0.2, 0.25) is 0 Å². The normalized spacial score (nSPS) is 18.1. The van der Waals surface area contributed by atoms with E-state index in [1.54, 1.807) is 44.2 Å². The number of aliphatic carboxylic acids is 1. The highest BCUT2D eigenvalue weighted by Gasteiger charge is 2.38. The highest BCUT2D eigenvalue weighted by Crippen LogP contribution is 2.23. The summed E-state index contributed by atoms with van der Waals surface area (Å²) < 4.78 is 26.2. The molecule has 49 heavy (non-hydrogen) atoms. The highest BCUT2D eigenvalue weighted by molar-refractivity contribution is 5.96. The first kappa shape index (κ1) is 36.6. The molecule has 3 heterocycles. The Balaban J connectivity index is 1.51. The fourth-order valence-corrected chi connectivity index (χ4v) is 5.81. The van der Waals surface area contributed by atoms with Gasteiger partial charge in [-0.05, 0) is 52.2 Å². The minimum atomic E-state index is -1.23. The highest BCUT2D eigenvalue weighted by atomic mass is 19.2. The SMILES string of the molecule is CCOC(=O)N1CCN(C(=O)C(CCC(=O)O)NC(=O)c2cc(OCC(=O)N3CCCC3C(=O)N(F)CC)n(-c3ccccc3)n2)C(C)C1. The van der Waals surface area contributed by atoms with Gasteiger partial charge in [-0.2, -0.15) is 10.2 Å². The fourth-order valence-electron chi connectivity index (χ4n) is 5.81. The molecule has 1 aromatic carbocycles. The van der Waals surface area contributed by atoms with Crippen LogP contribution >= 0.6 is 0 Å². The molecule has 3 unspecified atom stereocenters. The number of carbonyl (C=O) groups is 6. The summed E-state index contributed by atoms with van der Waals surface area (Å²) >= 11 is 0. The quantitative estimate of drug-likeness (QED) is 0.294. The summed E-state index contributed by atoms with van der Waals surface area (Å²) in [6.07, 6.45) is -0.262. The second-order valence-corrected chi connectivity index (χ2v) is 11.6. The van der Waals surface area contributed by atoms with Crippen molar-refractivity contribution in [2.75, 3.05) is 45.9 Å². The van der Waals surface area contributed by atoms with E-state index in [1.165, 1.54) is 32.4 Å². The number of aromatic nitrogens is 2. The van der Waals surface area contributed by atoms with Crippen LogP contribution in [0.25, 0.3) is 5.69 Å². The molecule has 2 aliphatic heterocycles. The number of likely N-dealkylation sites (tertiary alicyclic amines) is 1. The lowest BCUT2D eigenvalue weighted by Gasteiger charge is -2.40. The minimum Gasteiger partial charge on any atom is -0.481 e. The van der Waals surface area contributed by atoms with Crippen molar-refractivity contribution in [2.45, 2.75) is 64.6 Å². The Kier molecular flexibility index (Phi) is 12.5. The maximum Gasteiger partial charge on any atom is 0.409 e. The number of ether oxygens (including phenoxy) is 2. The second kappa shape index (κ2) is 16.7. The Labute approximate surface area is 282 Å². The van der Waals surface area contributed by atoms with Gasteiger partial charge in [-0.15, -0.1) is 0 Å². The van der Waals surface area contributed by atoms with E-state index in [2.05, 4.69) is 10.4 Å². The molecule has 0 aliphatic carbocycles. The Bertz CT molecular complexity index is 1520. The van der Waals surface area contributed by atoms with E-state index in [-0.39, 0.29) is 62.4 Å². The number of amides is 5. The van der Waals surface area contributed by atoms with E-state index in [9.17, 15) is 38.4 Å². The zero-order chi connectivity index (χ0) is 35.7. The number of hydrogen-bond acceptors (Lipinski definition) is 9. The molecule has 0 spiro atoms. The number of carboxylic acids is 1. The van der Waals surface area contributed by atoms with Crippen LogP contribution in [0, 0.1) is 0 Å². The lowest BCUT2D eigenvalue weighted by atomic mass is 10.1. The van der Waals surface area contributed by atoms with Gasteiger partial charge in [0.1, 0.15) is 12.1 Å². The smallest absolute Gasteiger partial charge is 0.409 e. The standard InChI is InChI=1S/C32H42FN7O9/c1-4-39(33)31(46)25-12-9-15-38(25)26(41)20-49-27-18-24(35-40(27)22-10-7-6-8-11-22)29(44)34-23(13-14-28(42)43)30(45)37-17-16-36(19-21(37)3)32(47)48-5-2/h6-8,10-11,18,21,23,25H,4-5,9,12-17,19-20H2,1-3H3,(H,34,44)(H,42,43). The van der Waals surface area contributed by atoms with E-state index < -0.39 is 66.8 Å². The average molecular weight is 688 g/mol. The molecule has 2 N–H and O–H groups in total. The zero-order valence-corrected chi connectivity index (χ0v) is 27.7. The first-order chi connectivity index (χ1) is 23.4. The van der Waals surface area contributed by atoms with Crippen LogP contribution in [-0.4, -0.2) is 134 Å². The van der Waals surface area contributed by atoms with Gasteiger partial charge in [0.05, 0.1) is 18.8 Å². The van der Waals surface area contributed by atoms with Crippen LogP contribution in [0.1, 0.15) is 56.9 Å². The summed E-state index contributed by atoms with van der Waals surface area (Å²) in [6.45, 7) is 5.24. The number of halogens is 1. The number of para-hydroxylation sites is 1. The molecule has 5 amide bonds. The molecule has 17 heteroatoms. The molecule has 266 valence electrons. The first-order valence-corrected chi connectivity index (χ1v) is 16.2. The predicted molar refractivity (Wildman–Crippen MR) is 170 cm³/mol. The Morgan fingerprint density at radius 2 is 1.82 bits per heavy atom. The van der Waals surface area contributed by atoms with Crippen molar-refractivity contribution in [1.82, 2.24) is 34.9 Å². The minimum absolute atomic E-state index is 0.00423. The zero-order valence-electron chi connectivity index (χ0n) is 27.7. The molecule has 0 saturated carbocycles. The van der Waals surface area contributed by atoms with Crippen molar-refractivity contribution in [3.05, 3.63) is 42.1 Å². The van der Waals surface area contributed by atoms with Crippen molar-refractivity contribution < 1.29 is 47.8 Å². The molecule has 0 bridgehead atoms. The monoisotopic (exact) mass is 687 g/mol. The van der Waals surface area contributed by atoms with E-state index in [4.69, 9.17) is 9.47 Å². The third kappa shape index (κ3) is 9.03. The summed E-state index contributed by atoms with van der Waals surface area (Å²) in [7, 11) is 0. The number of nitrogens with zero attached hydrogens (tertiary/aromatic N) is 6. The molecule has 2 aromatic rings. The van der Waals surface area contributed by atoms with Crippen LogP contribution in [0.5, 0.6) is 5.88 Å². The molecule has 2 aliphatic rings. The molecule has 16 nitrogen and oxygen atoms in total. The number of hydrogen-bond donors (Lipinski definition) is 2. The summed E-state index contributed by atoms with van der Waals surface area (Å²) in [4.78, 5) is 80.7. The summed E-state index contributed by atoms with van der Waals surface area (Å²) in [5.41, 5.74) is 0.311. The number of rotatable bonds is 13. The molecule has 4 rings (SSSR count). The molecular weight excluding hydrogens is 645 g/mol. The number of piperazine rings is 1. The van der Waals surface area contributed by atoms with Crippen molar-refractivity contribution in [1.29, 1.82) is 0 Å². The fraction of sp³-hybridized carbons (Fsp3) is 0.531. The summed E-state index contributed by atoms with van der Waals surface area (Å²) in [5.74, 6) is -3.81. The van der Waals surface area contributed by atoms with Crippen LogP contribution in [0.3, 0.4) is 0 Å². The van der Waals surface area contributed by atoms with Gasteiger partial charge < -0.3 is 34.6 Å². The van der Waals surface area contributed by atoms with E-state index in [1.807, 2.05) is 0 Å². The Morgan fingerprint density at radius 1 is 1.08 bits per heavy atom. The number of benzene rings is 1. The second-order valence-electron chi connectivity index (χ2n) is 11.6. The third-order valence-corrected chi connectivity index (χ3v) is 8.32. The van der Waals surface area contributed by atoms with Gasteiger partial charge in [0.15, 0.2) is 12.3 Å². The third-order valence-electron chi connectivity index (χ3n) is 8.32. The first-order valence-electron chi connectivity index (χ1n) is 16.2. The van der Waals surface area contributed by atoms with Gasteiger partial charge in [-0.25, -0.2) is 9.48 Å². The van der Waals surface area contributed by atoms with Crippen LogP contribution in [0.15, 0.2) is 36.4 Å². The topological polar surface area (TPSA) is 184 Å². The van der Waals surface area contributed by atoms with Gasteiger partial charge in [0.2, 0.25) is 11.8 Å². The largest absolute Gasteiger partial charge is 0.481 e. The van der Waals surface area contributed by atoms with Gasteiger partial charge in [-0.3, -0.25) is 24.0 Å². The van der Waals surface area contributed by atoms with E-state index >= 15 is 0 Å². The maximum absolute atomic E-state index is 14.0. The Hall–Kier alpha value is -5.22. The number of carboxylic acid groups (broad SMARTS) is 1. The van der Waals surface area contributed by atoms with Gasteiger partial charge in [0.25, 0.3) is 17.7 Å². The summed E-state index contributed by atoms with van der Waals surface area (Å²) in [6, 6.07) is 7.27. The van der Waals surface area contributed by atoms with Gasteiger partial charge >= 0.3 is 12.1 Å².